The molecule has 0 aliphatic carbocycles. The lowest BCUT2D eigenvalue weighted by molar-refractivity contribution is -0.129. The van der Waals surface area contributed by atoms with Crippen LogP contribution in [0.5, 0.6) is 0 Å². The molecule has 1 aromatic rings. The summed E-state index contributed by atoms with van der Waals surface area (Å²) in [4.78, 5) is 34.4. The molecule has 0 aromatic heterocycles. The number of ketones is 1. The first kappa shape index (κ1) is 14.6. The first-order chi connectivity index (χ1) is 8.79. The third-order valence-corrected chi connectivity index (χ3v) is 2.50. The molecule has 0 atom stereocenters. The third-order valence-electron chi connectivity index (χ3n) is 2.50. The number of hydrogen-bond donors (Lipinski definition) is 1. The van der Waals surface area contributed by atoms with Crippen LogP contribution < -0.4 is 0 Å². The Balaban J connectivity index is 3.06. The zero-order chi connectivity index (χ0) is 14.6. The van der Waals surface area contributed by atoms with Gasteiger partial charge in [0.05, 0.1) is 11.1 Å². The van der Waals surface area contributed by atoms with E-state index < -0.39 is 23.3 Å². The van der Waals surface area contributed by atoms with Crippen molar-refractivity contribution in [3.63, 3.8) is 0 Å². The lowest BCUT2D eigenvalue weighted by Crippen LogP contribution is -2.36. The Morgan fingerprint density at radius 2 is 1.74 bits per heavy atom. The summed E-state index contributed by atoms with van der Waals surface area (Å²) in [5.74, 6) is -2.56. The van der Waals surface area contributed by atoms with Gasteiger partial charge in [0.2, 0.25) is 0 Å². The number of carbonyl (C=O) groups is 3. The van der Waals surface area contributed by atoms with E-state index in [0.29, 0.717) is 0 Å². The van der Waals surface area contributed by atoms with Gasteiger partial charge >= 0.3 is 11.9 Å². The molecule has 0 bridgehead atoms. The van der Waals surface area contributed by atoms with E-state index in [4.69, 9.17) is 9.84 Å². The van der Waals surface area contributed by atoms with Crippen molar-refractivity contribution < 1.29 is 24.2 Å². The molecule has 0 spiro atoms. The van der Waals surface area contributed by atoms with Crippen LogP contribution >= 0.6 is 0 Å². The second kappa shape index (κ2) is 5.48. The monoisotopic (exact) mass is 262 g/mol. The second-order valence-electron chi connectivity index (χ2n) is 4.32. The van der Waals surface area contributed by atoms with Crippen LogP contribution in [0.3, 0.4) is 0 Å². The topological polar surface area (TPSA) is 80.7 Å². The fourth-order valence-corrected chi connectivity index (χ4v) is 1.43. The fraction of sp³-hybridized carbons (Fsp3) is 0.214. The molecular weight excluding hydrogens is 248 g/mol. The van der Waals surface area contributed by atoms with Gasteiger partial charge in [-0.3, -0.25) is 4.79 Å². The average molecular weight is 262 g/mol. The second-order valence-corrected chi connectivity index (χ2v) is 4.32. The zero-order valence-corrected chi connectivity index (χ0v) is 10.7. The summed E-state index contributed by atoms with van der Waals surface area (Å²) in [5, 5.41) is 8.98. The van der Waals surface area contributed by atoms with Gasteiger partial charge in [-0.25, -0.2) is 9.59 Å². The van der Waals surface area contributed by atoms with Crippen molar-refractivity contribution in [1.29, 1.82) is 0 Å². The molecule has 0 saturated carbocycles. The number of aromatic carboxylic acids is 1. The van der Waals surface area contributed by atoms with Crippen molar-refractivity contribution >= 4 is 17.7 Å². The number of esters is 1. The van der Waals surface area contributed by atoms with E-state index in [2.05, 4.69) is 6.58 Å². The highest BCUT2D eigenvalue weighted by Crippen LogP contribution is 2.17. The Morgan fingerprint density at radius 3 is 2.21 bits per heavy atom. The van der Waals surface area contributed by atoms with Gasteiger partial charge in [0.25, 0.3) is 0 Å². The van der Waals surface area contributed by atoms with Gasteiger partial charge in [-0.1, -0.05) is 18.7 Å². The molecule has 0 saturated heterocycles. The summed E-state index contributed by atoms with van der Waals surface area (Å²) in [5.41, 5.74) is -1.65. The normalized spacial score (nSPS) is 10.6. The zero-order valence-electron chi connectivity index (χ0n) is 10.7. The maximum Gasteiger partial charge on any atom is 0.339 e. The highest BCUT2D eigenvalue weighted by Gasteiger charge is 2.31. The molecule has 0 radical (unpaired) electrons. The van der Waals surface area contributed by atoms with Crippen LogP contribution in [-0.2, 0) is 9.53 Å². The van der Waals surface area contributed by atoms with E-state index >= 15 is 0 Å². The summed E-state index contributed by atoms with van der Waals surface area (Å²) in [6.07, 6.45) is 1.05. The predicted molar refractivity (Wildman–Crippen MR) is 68.1 cm³/mol. The van der Waals surface area contributed by atoms with E-state index in [1.807, 2.05) is 0 Å². The minimum atomic E-state index is -1.38. The van der Waals surface area contributed by atoms with Crippen molar-refractivity contribution in [2.45, 2.75) is 19.4 Å². The van der Waals surface area contributed by atoms with Crippen LogP contribution in [0.4, 0.5) is 0 Å². The van der Waals surface area contributed by atoms with E-state index in [0.717, 1.165) is 6.08 Å². The van der Waals surface area contributed by atoms with Crippen molar-refractivity contribution in [3.05, 3.63) is 48.0 Å². The number of ether oxygens (including phenoxy) is 1. The van der Waals surface area contributed by atoms with Crippen molar-refractivity contribution in [2.24, 2.45) is 0 Å². The van der Waals surface area contributed by atoms with Crippen molar-refractivity contribution in [1.82, 2.24) is 0 Å². The van der Waals surface area contributed by atoms with Gasteiger partial charge in [-0.2, -0.15) is 0 Å². The van der Waals surface area contributed by atoms with Gasteiger partial charge in [0, 0.05) is 0 Å². The van der Waals surface area contributed by atoms with Crippen molar-refractivity contribution in [3.8, 4) is 0 Å². The summed E-state index contributed by atoms with van der Waals surface area (Å²) < 4.78 is 5.04. The predicted octanol–water partition coefficient (Wildman–Crippen LogP) is 2.08. The van der Waals surface area contributed by atoms with Gasteiger partial charge in [-0.05, 0) is 32.1 Å². The maximum absolute atomic E-state index is 11.9. The number of carboxylic acids is 1. The Bertz CT molecular complexity index is 543. The highest BCUT2D eigenvalue weighted by atomic mass is 16.6. The van der Waals surface area contributed by atoms with Gasteiger partial charge in [0.15, 0.2) is 11.4 Å². The fourth-order valence-electron chi connectivity index (χ4n) is 1.43. The molecule has 0 aliphatic heterocycles. The smallest absolute Gasteiger partial charge is 0.339 e. The molecular formula is C14H14O5. The summed E-state index contributed by atoms with van der Waals surface area (Å²) >= 11 is 0. The van der Waals surface area contributed by atoms with E-state index in [-0.39, 0.29) is 11.1 Å². The molecule has 1 aromatic carbocycles. The number of benzene rings is 1. The lowest BCUT2D eigenvalue weighted by atomic mass is 10.0. The molecule has 0 fully saturated rings. The molecule has 0 aliphatic rings. The third kappa shape index (κ3) is 3.28. The summed E-state index contributed by atoms with van der Waals surface area (Å²) in [6, 6.07) is 5.65. The molecule has 1 N–H and O–H groups in total. The van der Waals surface area contributed by atoms with E-state index in [1.165, 1.54) is 38.1 Å². The standard InChI is InChI=1S/C14H14O5/c1-4-11(15)14(2,3)19-13(18)10-8-6-5-7-9(10)12(16)17/h4-8H,1H2,2-3H3,(H,16,17). The van der Waals surface area contributed by atoms with Crippen LogP contribution in [0.25, 0.3) is 0 Å². The minimum absolute atomic E-state index is 0.0973. The Kier molecular flexibility index (Phi) is 4.22. The van der Waals surface area contributed by atoms with Crippen LogP contribution in [0.1, 0.15) is 34.6 Å². The summed E-state index contributed by atoms with van der Waals surface area (Å²) in [7, 11) is 0. The van der Waals surface area contributed by atoms with Gasteiger partial charge in [-0.15, -0.1) is 0 Å². The molecule has 5 nitrogen and oxygen atoms in total. The molecule has 0 unspecified atom stereocenters. The first-order valence-corrected chi connectivity index (χ1v) is 5.52. The molecule has 19 heavy (non-hydrogen) atoms. The minimum Gasteiger partial charge on any atom is -0.478 e. The Labute approximate surface area is 110 Å². The van der Waals surface area contributed by atoms with Crippen LogP contribution in [0.2, 0.25) is 0 Å². The van der Waals surface area contributed by atoms with Crippen LogP contribution in [0.15, 0.2) is 36.9 Å². The number of carboxylic acid groups (broad SMARTS) is 1. The number of carbonyl (C=O) groups excluding carboxylic acids is 2. The number of hydrogen-bond acceptors (Lipinski definition) is 4. The maximum atomic E-state index is 11.9. The Morgan fingerprint density at radius 1 is 1.21 bits per heavy atom. The lowest BCUT2D eigenvalue weighted by Gasteiger charge is -2.22. The van der Waals surface area contributed by atoms with Crippen molar-refractivity contribution in [2.75, 3.05) is 0 Å². The summed E-state index contributed by atoms with van der Waals surface area (Å²) in [6.45, 7) is 6.15. The molecule has 0 heterocycles. The number of rotatable bonds is 5. The van der Waals surface area contributed by atoms with Gasteiger partial charge < -0.3 is 9.84 Å². The first-order valence-electron chi connectivity index (χ1n) is 5.52. The molecule has 100 valence electrons. The quantitative estimate of drug-likeness (QED) is 0.649. The van der Waals surface area contributed by atoms with Gasteiger partial charge in [0.1, 0.15) is 0 Å². The largest absolute Gasteiger partial charge is 0.478 e. The molecule has 0 amide bonds. The van der Waals surface area contributed by atoms with Crippen LogP contribution in [-0.4, -0.2) is 28.4 Å². The Hall–Kier alpha value is -2.43. The SMILES string of the molecule is C=CC(=O)C(C)(C)OC(=O)c1ccccc1C(=O)O. The average Bonchev–Trinajstić information content (AvgIpc) is 2.37. The molecule has 1 rings (SSSR count). The van der Waals surface area contributed by atoms with Crippen LogP contribution in [0, 0.1) is 0 Å². The highest BCUT2D eigenvalue weighted by molar-refractivity contribution is 6.04. The van der Waals surface area contributed by atoms with E-state index in [9.17, 15) is 14.4 Å². The molecule has 5 heteroatoms. The van der Waals surface area contributed by atoms with E-state index in [1.54, 1.807) is 0 Å².